The number of aliphatic hydroxyl groups is 1. The molecule has 0 aliphatic heterocycles. The Balaban J connectivity index is 2.73. The van der Waals surface area contributed by atoms with E-state index >= 15 is 0 Å². The van der Waals surface area contributed by atoms with Gasteiger partial charge in [-0.3, -0.25) is 0 Å². The lowest BCUT2D eigenvalue weighted by atomic mass is 10.1. The van der Waals surface area contributed by atoms with Gasteiger partial charge in [0.2, 0.25) is 0 Å². The Morgan fingerprint density at radius 3 is 2.47 bits per heavy atom. The lowest BCUT2D eigenvalue weighted by molar-refractivity contribution is 0.0889. The summed E-state index contributed by atoms with van der Waals surface area (Å²) >= 11 is 0. The van der Waals surface area contributed by atoms with Gasteiger partial charge in [-0.15, -0.1) is 0 Å². The third-order valence-corrected chi connectivity index (χ3v) is 2.63. The largest absolute Gasteiger partial charge is 0.493 e. The van der Waals surface area contributed by atoms with Gasteiger partial charge in [-0.2, -0.15) is 0 Å². The molecule has 0 saturated carbocycles. The van der Waals surface area contributed by atoms with Crippen molar-refractivity contribution in [3.63, 3.8) is 0 Å². The third-order valence-electron chi connectivity index (χ3n) is 2.63. The SMILES string of the molecule is CCCC(N)C(CO)Oc1ccccc1OC. The molecular weight excluding hydrogens is 218 g/mol. The van der Waals surface area contributed by atoms with E-state index in [-0.39, 0.29) is 12.6 Å². The van der Waals surface area contributed by atoms with E-state index in [9.17, 15) is 5.11 Å². The number of ether oxygens (including phenoxy) is 2. The van der Waals surface area contributed by atoms with Gasteiger partial charge in [0.25, 0.3) is 0 Å². The highest BCUT2D eigenvalue weighted by Crippen LogP contribution is 2.27. The summed E-state index contributed by atoms with van der Waals surface area (Å²) in [6.45, 7) is 1.95. The van der Waals surface area contributed by atoms with Gasteiger partial charge in [-0.25, -0.2) is 0 Å². The second kappa shape index (κ2) is 7.14. The van der Waals surface area contributed by atoms with Gasteiger partial charge < -0.3 is 20.3 Å². The standard InChI is InChI=1S/C13H21NO3/c1-3-6-10(14)13(9-15)17-12-8-5-4-7-11(12)16-2/h4-5,7-8,10,13,15H,3,6,9,14H2,1-2H3. The molecule has 0 amide bonds. The molecule has 2 atom stereocenters. The van der Waals surface area contributed by atoms with Crippen LogP contribution in [0.25, 0.3) is 0 Å². The van der Waals surface area contributed by atoms with Gasteiger partial charge in [0.05, 0.1) is 13.7 Å². The molecule has 1 rings (SSSR count). The Morgan fingerprint density at radius 2 is 1.94 bits per heavy atom. The zero-order valence-corrected chi connectivity index (χ0v) is 10.4. The molecule has 0 fully saturated rings. The molecule has 1 aromatic carbocycles. The van der Waals surface area contributed by atoms with Crippen LogP contribution in [0.1, 0.15) is 19.8 Å². The molecule has 0 aromatic heterocycles. The fourth-order valence-corrected chi connectivity index (χ4v) is 1.66. The molecule has 0 aliphatic rings. The van der Waals surface area contributed by atoms with Crippen LogP contribution in [0.15, 0.2) is 24.3 Å². The Hall–Kier alpha value is -1.26. The van der Waals surface area contributed by atoms with E-state index in [1.54, 1.807) is 13.2 Å². The average molecular weight is 239 g/mol. The molecule has 17 heavy (non-hydrogen) atoms. The molecule has 3 N–H and O–H groups in total. The minimum Gasteiger partial charge on any atom is -0.493 e. The summed E-state index contributed by atoms with van der Waals surface area (Å²) in [4.78, 5) is 0. The van der Waals surface area contributed by atoms with Crippen molar-refractivity contribution in [2.24, 2.45) is 5.73 Å². The second-order valence-corrected chi connectivity index (χ2v) is 3.94. The van der Waals surface area contributed by atoms with Crippen LogP contribution in [0, 0.1) is 0 Å². The molecule has 0 saturated heterocycles. The quantitative estimate of drug-likeness (QED) is 0.758. The maximum atomic E-state index is 9.30. The minimum absolute atomic E-state index is 0.0980. The van der Waals surface area contributed by atoms with Gasteiger partial charge in [-0.05, 0) is 18.6 Å². The molecule has 2 unspecified atom stereocenters. The highest BCUT2D eigenvalue weighted by Gasteiger charge is 2.19. The first kappa shape index (κ1) is 13.8. The summed E-state index contributed by atoms with van der Waals surface area (Å²) in [7, 11) is 1.59. The maximum Gasteiger partial charge on any atom is 0.161 e. The van der Waals surface area contributed by atoms with E-state index in [1.807, 2.05) is 18.2 Å². The topological polar surface area (TPSA) is 64.7 Å². The van der Waals surface area contributed by atoms with Crippen LogP contribution in [0.3, 0.4) is 0 Å². The average Bonchev–Trinajstić information content (AvgIpc) is 2.36. The number of hydrogen-bond donors (Lipinski definition) is 2. The lowest BCUT2D eigenvalue weighted by Gasteiger charge is -2.23. The normalized spacial score (nSPS) is 14.1. The number of rotatable bonds is 7. The number of para-hydroxylation sites is 2. The van der Waals surface area contributed by atoms with Gasteiger partial charge in [-0.1, -0.05) is 25.5 Å². The summed E-state index contributed by atoms with van der Waals surface area (Å²) in [6, 6.07) is 7.17. The van der Waals surface area contributed by atoms with Crippen molar-refractivity contribution in [2.45, 2.75) is 31.9 Å². The smallest absolute Gasteiger partial charge is 0.161 e. The number of aliphatic hydroxyl groups excluding tert-OH is 1. The zero-order chi connectivity index (χ0) is 12.7. The molecule has 4 heteroatoms. The minimum atomic E-state index is -0.397. The number of hydrogen-bond acceptors (Lipinski definition) is 4. The predicted molar refractivity (Wildman–Crippen MR) is 67.4 cm³/mol. The molecule has 4 nitrogen and oxygen atoms in total. The van der Waals surface area contributed by atoms with Crippen molar-refractivity contribution < 1.29 is 14.6 Å². The highest BCUT2D eigenvalue weighted by molar-refractivity contribution is 5.39. The van der Waals surface area contributed by atoms with Crippen LogP contribution in [0.5, 0.6) is 11.5 Å². The first-order valence-corrected chi connectivity index (χ1v) is 5.89. The molecule has 0 spiro atoms. The molecule has 96 valence electrons. The van der Waals surface area contributed by atoms with Crippen molar-refractivity contribution in [3.05, 3.63) is 24.3 Å². The molecule has 0 radical (unpaired) electrons. The van der Waals surface area contributed by atoms with Crippen LogP contribution in [-0.4, -0.2) is 31.0 Å². The van der Waals surface area contributed by atoms with Gasteiger partial charge in [0, 0.05) is 6.04 Å². The van der Waals surface area contributed by atoms with Crippen LogP contribution in [0.4, 0.5) is 0 Å². The summed E-state index contributed by atoms with van der Waals surface area (Å²) in [6.07, 6.45) is 1.39. The van der Waals surface area contributed by atoms with Crippen molar-refractivity contribution >= 4 is 0 Å². The molecule has 0 heterocycles. The predicted octanol–water partition coefficient (Wildman–Crippen LogP) is 1.56. The molecule has 0 bridgehead atoms. The van der Waals surface area contributed by atoms with Crippen molar-refractivity contribution in [1.82, 2.24) is 0 Å². The van der Waals surface area contributed by atoms with E-state index in [2.05, 4.69) is 6.92 Å². The van der Waals surface area contributed by atoms with E-state index in [0.717, 1.165) is 12.8 Å². The first-order chi connectivity index (χ1) is 8.22. The van der Waals surface area contributed by atoms with E-state index < -0.39 is 6.10 Å². The zero-order valence-electron chi connectivity index (χ0n) is 10.4. The number of methoxy groups -OCH3 is 1. The van der Waals surface area contributed by atoms with E-state index in [0.29, 0.717) is 11.5 Å². The second-order valence-electron chi connectivity index (χ2n) is 3.94. The molecule has 0 aliphatic carbocycles. The Bertz CT molecular complexity index is 330. The van der Waals surface area contributed by atoms with E-state index in [1.165, 1.54) is 0 Å². The van der Waals surface area contributed by atoms with Crippen LogP contribution in [0.2, 0.25) is 0 Å². The van der Waals surface area contributed by atoms with Gasteiger partial charge >= 0.3 is 0 Å². The Morgan fingerprint density at radius 1 is 1.29 bits per heavy atom. The van der Waals surface area contributed by atoms with E-state index in [4.69, 9.17) is 15.2 Å². The summed E-state index contributed by atoms with van der Waals surface area (Å²) in [5.74, 6) is 1.26. The molecular formula is C13H21NO3. The summed E-state index contributed by atoms with van der Waals surface area (Å²) in [5, 5.41) is 9.30. The fourth-order valence-electron chi connectivity index (χ4n) is 1.66. The monoisotopic (exact) mass is 239 g/mol. The van der Waals surface area contributed by atoms with Gasteiger partial charge in [0.15, 0.2) is 11.5 Å². The highest BCUT2D eigenvalue weighted by atomic mass is 16.5. The fraction of sp³-hybridized carbons (Fsp3) is 0.538. The lowest BCUT2D eigenvalue weighted by Crippen LogP contribution is -2.41. The first-order valence-electron chi connectivity index (χ1n) is 5.89. The van der Waals surface area contributed by atoms with Crippen LogP contribution in [-0.2, 0) is 0 Å². The Labute approximate surface area is 102 Å². The number of nitrogens with two attached hydrogens (primary N) is 1. The van der Waals surface area contributed by atoms with Gasteiger partial charge in [0.1, 0.15) is 6.10 Å². The summed E-state index contributed by atoms with van der Waals surface area (Å²) in [5.41, 5.74) is 5.95. The summed E-state index contributed by atoms with van der Waals surface area (Å²) < 4.78 is 10.9. The Kier molecular flexibility index (Phi) is 5.80. The van der Waals surface area contributed by atoms with Crippen molar-refractivity contribution in [2.75, 3.05) is 13.7 Å². The van der Waals surface area contributed by atoms with Crippen LogP contribution >= 0.6 is 0 Å². The number of benzene rings is 1. The third kappa shape index (κ3) is 3.91. The van der Waals surface area contributed by atoms with Crippen LogP contribution < -0.4 is 15.2 Å². The maximum absolute atomic E-state index is 9.30. The van der Waals surface area contributed by atoms with Crippen molar-refractivity contribution in [1.29, 1.82) is 0 Å². The van der Waals surface area contributed by atoms with Crippen molar-refractivity contribution in [3.8, 4) is 11.5 Å². The molecule has 1 aromatic rings.